The zero-order valence-corrected chi connectivity index (χ0v) is 9.63. The maximum absolute atomic E-state index is 5.92. The van der Waals surface area contributed by atoms with Crippen LogP contribution in [0, 0.1) is 13.8 Å². The molecule has 0 aliphatic rings. The normalized spacial score (nSPS) is 10.6. The summed E-state index contributed by atoms with van der Waals surface area (Å²) in [7, 11) is 0. The number of hydrogen-bond donors (Lipinski definition) is 0. The molecule has 1 aromatic rings. The van der Waals surface area contributed by atoms with Crippen molar-refractivity contribution in [1.29, 1.82) is 0 Å². The Morgan fingerprint density at radius 2 is 1.79 bits per heavy atom. The SMILES string of the molecule is CCC(CC)Oc1cccc(C)c1C. The van der Waals surface area contributed by atoms with Gasteiger partial charge in [-0.25, -0.2) is 0 Å². The van der Waals surface area contributed by atoms with E-state index in [9.17, 15) is 0 Å². The molecular weight excluding hydrogens is 172 g/mol. The molecule has 0 aliphatic carbocycles. The maximum Gasteiger partial charge on any atom is 0.122 e. The Labute approximate surface area is 87.1 Å². The molecule has 0 saturated carbocycles. The van der Waals surface area contributed by atoms with Crippen LogP contribution in [0.25, 0.3) is 0 Å². The van der Waals surface area contributed by atoms with E-state index in [1.54, 1.807) is 0 Å². The van der Waals surface area contributed by atoms with Crippen LogP contribution in [0.4, 0.5) is 0 Å². The standard InChI is InChI=1S/C13H20O/c1-5-12(6-2)14-13-9-7-8-10(3)11(13)4/h7-9,12H,5-6H2,1-4H3. The van der Waals surface area contributed by atoms with Crippen LogP contribution in [0.15, 0.2) is 18.2 Å². The molecule has 1 heteroatoms. The van der Waals surface area contributed by atoms with Gasteiger partial charge in [0.05, 0.1) is 6.10 Å². The second-order valence-electron chi connectivity index (χ2n) is 3.75. The molecule has 0 spiro atoms. The van der Waals surface area contributed by atoms with Gasteiger partial charge in [-0.15, -0.1) is 0 Å². The Bertz CT molecular complexity index is 287. The van der Waals surface area contributed by atoms with Crippen molar-refractivity contribution in [3.05, 3.63) is 29.3 Å². The summed E-state index contributed by atoms with van der Waals surface area (Å²) in [5.41, 5.74) is 2.56. The maximum atomic E-state index is 5.92. The van der Waals surface area contributed by atoms with E-state index in [1.807, 2.05) is 0 Å². The van der Waals surface area contributed by atoms with Gasteiger partial charge in [-0.1, -0.05) is 26.0 Å². The Hall–Kier alpha value is -0.980. The van der Waals surface area contributed by atoms with Gasteiger partial charge in [-0.3, -0.25) is 0 Å². The lowest BCUT2D eigenvalue weighted by molar-refractivity contribution is 0.191. The minimum Gasteiger partial charge on any atom is -0.490 e. The summed E-state index contributed by atoms with van der Waals surface area (Å²) >= 11 is 0. The largest absolute Gasteiger partial charge is 0.490 e. The molecule has 0 amide bonds. The van der Waals surface area contributed by atoms with E-state index in [4.69, 9.17) is 4.74 Å². The summed E-state index contributed by atoms with van der Waals surface area (Å²) < 4.78 is 5.92. The topological polar surface area (TPSA) is 9.23 Å². The predicted molar refractivity (Wildman–Crippen MR) is 60.9 cm³/mol. The van der Waals surface area contributed by atoms with Crippen LogP contribution in [-0.2, 0) is 0 Å². The Kier molecular flexibility index (Phi) is 3.99. The molecule has 0 unspecified atom stereocenters. The van der Waals surface area contributed by atoms with Crippen LogP contribution in [0.1, 0.15) is 37.8 Å². The van der Waals surface area contributed by atoms with Crippen LogP contribution in [0.5, 0.6) is 5.75 Å². The summed E-state index contributed by atoms with van der Waals surface area (Å²) in [6.45, 7) is 8.57. The van der Waals surface area contributed by atoms with Crippen LogP contribution in [0.3, 0.4) is 0 Å². The number of hydrogen-bond acceptors (Lipinski definition) is 1. The Balaban J connectivity index is 2.80. The fourth-order valence-electron chi connectivity index (χ4n) is 1.49. The average molecular weight is 192 g/mol. The molecule has 0 aromatic heterocycles. The zero-order valence-electron chi connectivity index (χ0n) is 9.63. The van der Waals surface area contributed by atoms with Gasteiger partial charge in [0.15, 0.2) is 0 Å². The van der Waals surface area contributed by atoms with Gasteiger partial charge in [0.25, 0.3) is 0 Å². The summed E-state index contributed by atoms with van der Waals surface area (Å²) in [6.07, 6.45) is 2.50. The molecule has 78 valence electrons. The molecule has 0 saturated heterocycles. The van der Waals surface area contributed by atoms with E-state index in [-0.39, 0.29) is 0 Å². The smallest absolute Gasteiger partial charge is 0.122 e. The highest BCUT2D eigenvalue weighted by atomic mass is 16.5. The third-order valence-electron chi connectivity index (χ3n) is 2.76. The lowest BCUT2D eigenvalue weighted by Gasteiger charge is -2.18. The van der Waals surface area contributed by atoms with Gasteiger partial charge >= 0.3 is 0 Å². The fourth-order valence-corrected chi connectivity index (χ4v) is 1.49. The molecular formula is C13H20O. The first-order valence-corrected chi connectivity index (χ1v) is 5.41. The van der Waals surface area contributed by atoms with Crippen LogP contribution in [-0.4, -0.2) is 6.10 Å². The molecule has 0 heterocycles. The van der Waals surface area contributed by atoms with E-state index < -0.39 is 0 Å². The molecule has 1 aromatic carbocycles. The summed E-state index contributed by atoms with van der Waals surface area (Å²) in [5.74, 6) is 1.04. The van der Waals surface area contributed by atoms with Crippen molar-refractivity contribution in [2.24, 2.45) is 0 Å². The van der Waals surface area contributed by atoms with Crippen molar-refractivity contribution in [3.63, 3.8) is 0 Å². The van der Waals surface area contributed by atoms with E-state index in [0.29, 0.717) is 6.10 Å². The van der Waals surface area contributed by atoms with Crippen LogP contribution >= 0.6 is 0 Å². The fraction of sp³-hybridized carbons (Fsp3) is 0.538. The molecule has 0 atom stereocenters. The van der Waals surface area contributed by atoms with Gasteiger partial charge in [-0.05, 0) is 43.9 Å². The van der Waals surface area contributed by atoms with Gasteiger partial charge in [0, 0.05) is 0 Å². The molecule has 1 rings (SSSR count). The monoisotopic (exact) mass is 192 g/mol. The zero-order chi connectivity index (χ0) is 10.6. The third-order valence-corrected chi connectivity index (χ3v) is 2.76. The van der Waals surface area contributed by atoms with Gasteiger partial charge < -0.3 is 4.74 Å². The van der Waals surface area contributed by atoms with E-state index >= 15 is 0 Å². The molecule has 0 radical (unpaired) electrons. The molecule has 1 nitrogen and oxygen atoms in total. The second kappa shape index (κ2) is 5.04. The highest BCUT2D eigenvalue weighted by Crippen LogP contribution is 2.22. The highest BCUT2D eigenvalue weighted by Gasteiger charge is 2.07. The van der Waals surface area contributed by atoms with Crippen molar-refractivity contribution in [2.75, 3.05) is 0 Å². The molecule has 0 bridgehead atoms. The molecule has 14 heavy (non-hydrogen) atoms. The van der Waals surface area contributed by atoms with E-state index in [0.717, 1.165) is 18.6 Å². The van der Waals surface area contributed by atoms with Crippen LogP contribution in [0.2, 0.25) is 0 Å². The molecule has 0 N–H and O–H groups in total. The van der Waals surface area contributed by atoms with Gasteiger partial charge in [0.2, 0.25) is 0 Å². The summed E-state index contributed by atoms with van der Waals surface area (Å²) in [6, 6.07) is 6.23. The quantitative estimate of drug-likeness (QED) is 0.703. The van der Waals surface area contributed by atoms with Crippen molar-refractivity contribution >= 4 is 0 Å². The van der Waals surface area contributed by atoms with Crippen molar-refractivity contribution in [1.82, 2.24) is 0 Å². The Morgan fingerprint density at radius 1 is 1.14 bits per heavy atom. The lowest BCUT2D eigenvalue weighted by atomic mass is 10.1. The van der Waals surface area contributed by atoms with Gasteiger partial charge in [-0.2, -0.15) is 0 Å². The van der Waals surface area contributed by atoms with E-state index in [1.165, 1.54) is 11.1 Å². The molecule has 0 aliphatic heterocycles. The third kappa shape index (κ3) is 2.50. The summed E-state index contributed by atoms with van der Waals surface area (Å²) in [4.78, 5) is 0. The van der Waals surface area contributed by atoms with Crippen LogP contribution < -0.4 is 4.74 Å². The average Bonchev–Trinajstić information content (AvgIpc) is 2.20. The lowest BCUT2D eigenvalue weighted by Crippen LogP contribution is -2.14. The number of aryl methyl sites for hydroxylation is 1. The minimum atomic E-state index is 0.357. The first-order chi connectivity index (χ1) is 6.69. The van der Waals surface area contributed by atoms with Crippen molar-refractivity contribution in [2.45, 2.75) is 46.6 Å². The first-order valence-electron chi connectivity index (χ1n) is 5.41. The minimum absolute atomic E-state index is 0.357. The van der Waals surface area contributed by atoms with Gasteiger partial charge in [0.1, 0.15) is 5.75 Å². The van der Waals surface area contributed by atoms with E-state index in [2.05, 4.69) is 45.9 Å². The predicted octanol–water partition coefficient (Wildman–Crippen LogP) is 3.87. The van der Waals surface area contributed by atoms with Crippen molar-refractivity contribution < 1.29 is 4.74 Å². The Morgan fingerprint density at radius 3 is 2.36 bits per heavy atom. The second-order valence-corrected chi connectivity index (χ2v) is 3.75. The first kappa shape index (κ1) is 11.1. The summed E-state index contributed by atoms with van der Waals surface area (Å²) in [5, 5.41) is 0. The molecule has 0 fully saturated rings. The number of ether oxygens (including phenoxy) is 1. The number of rotatable bonds is 4. The van der Waals surface area contributed by atoms with Crippen molar-refractivity contribution in [3.8, 4) is 5.75 Å². The highest BCUT2D eigenvalue weighted by molar-refractivity contribution is 5.38. The number of benzene rings is 1.